The van der Waals surface area contributed by atoms with Crippen molar-refractivity contribution in [1.29, 1.82) is 0 Å². The Morgan fingerprint density at radius 1 is 1.07 bits per heavy atom. The van der Waals surface area contributed by atoms with E-state index < -0.39 is 0 Å². The molecule has 1 nitrogen and oxygen atoms in total. The number of hydrogen-bond donors (Lipinski definition) is 0. The summed E-state index contributed by atoms with van der Waals surface area (Å²) in [5.41, 5.74) is 5.31. The zero-order valence-electron chi connectivity index (χ0n) is 10.9. The third-order valence-electron chi connectivity index (χ3n) is 4.06. The van der Waals surface area contributed by atoms with Crippen LogP contribution in [0.3, 0.4) is 0 Å². The Labute approximate surface area is 93.5 Å². The van der Waals surface area contributed by atoms with Gasteiger partial charge in [-0.3, -0.25) is 0 Å². The Morgan fingerprint density at radius 3 is 2.13 bits per heavy atom. The van der Waals surface area contributed by atoms with Gasteiger partial charge < -0.3 is 4.57 Å². The molecule has 0 bridgehead atoms. The molecule has 0 N–H and O–H groups in total. The second kappa shape index (κ2) is 2.90. The SMILES string of the molecule is Cc1cn(C)c2c1C(C)(C)CCC2(C)C. The fourth-order valence-corrected chi connectivity index (χ4v) is 3.32. The van der Waals surface area contributed by atoms with Crippen LogP contribution in [-0.2, 0) is 17.9 Å². The van der Waals surface area contributed by atoms with E-state index in [9.17, 15) is 0 Å². The highest BCUT2D eigenvalue weighted by Crippen LogP contribution is 2.47. The van der Waals surface area contributed by atoms with Gasteiger partial charge in [0.2, 0.25) is 0 Å². The number of hydrogen-bond acceptors (Lipinski definition) is 0. The number of nitrogens with zero attached hydrogens (tertiary/aromatic N) is 1. The predicted octanol–water partition coefficient (Wildman–Crippen LogP) is 3.68. The molecule has 1 aliphatic rings. The second-order valence-corrected chi connectivity index (χ2v) is 6.41. The summed E-state index contributed by atoms with van der Waals surface area (Å²) in [7, 11) is 2.19. The van der Waals surface area contributed by atoms with Gasteiger partial charge in [-0.2, -0.15) is 0 Å². The van der Waals surface area contributed by atoms with Crippen molar-refractivity contribution in [3.8, 4) is 0 Å². The molecule has 0 atom stereocenters. The van der Waals surface area contributed by atoms with E-state index in [1.807, 2.05) is 0 Å². The average molecular weight is 205 g/mol. The van der Waals surface area contributed by atoms with Crippen molar-refractivity contribution in [2.24, 2.45) is 7.05 Å². The molecule has 1 heterocycles. The Bertz CT molecular complexity index is 357. The number of aromatic nitrogens is 1. The van der Waals surface area contributed by atoms with Crippen molar-refractivity contribution < 1.29 is 0 Å². The van der Waals surface area contributed by atoms with Gasteiger partial charge in [0.05, 0.1) is 0 Å². The molecule has 0 aliphatic heterocycles. The molecule has 0 radical (unpaired) electrons. The van der Waals surface area contributed by atoms with Crippen LogP contribution in [0.2, 0.25) is 0 Å². The summed E-state index contributed by atoms with van der Waals surface area (Å²) in [5, 5.41) is 0. The van der Waals surface area contributed by atoms with E-state index in [2.05, 4.69) is 52.4 Å². The highest BCUT2D eigenvalue weighted by atomic mass is 15.0. The number of fused-ring (bicyclic) bond motifs is 1. The molecule has 0 fully saturated rings. The molecule has 0 saturated carbocycles. The standard InChI is InChI=1S/C14H23N/c1-10-9-15(6)12-11(10)13(2,3)7-8-14(12,4)5/h9H,7-8H2,1-6H3. The minimum absolute atomic E-state index is 0.341. The highest BCUT2D eigenvalue weighted by Gasteiger charge is 2.40. The van der Waals surface area contributed by atoms with Crippen LogP contribution in [-0.4, -0.2) is 4.57 Å². The van der Waals surface area contributed by atoms with E-state index in [0.29, 0.717) is 10.8 Å². The van der Waals surface area contributed by atoms with Crippen molar-refractivity contribution in [2.45, 2.75) is 58.3 Å². The molecule has 0 spiro atoms. The fourth-order valence-electron chi connectivity index (χ4n) is 3.32. The maximum Gasteiger partial charge on any atom is 0.0268 e. The van der Waals surface area contributed by atoms with E-state index in [4.69, 9.17) is 0 Å². The van der Waals surface area contributed by atoms with Crippen LogP contribution in [0.1, 0.15) is 57.4 Å². The minimum atomic E-state index is 0.341. The van der Waals surface area contributed by atoms with Gasteiger partial charge in [-0.25, -0.2) is 0 Å². The van der Waals surface area contributed by atoms with E-state index in [1.165, 1.54) is 18.4 Å². The summed E-state index contributed by atoms with van der Waals surface area (Å²) in [6.45, 7) is 11.8. The van der Waals surface area contributed by atoms with Crippen LogP contribution < -0.4 is 0 Å². The lowest BCUT2D eigenvalue weighted by Crippen LogP contribution is -2.35. The number of aryl methyl sites for hydroxylation is 2. The Balaban J connectivity index is 2.72. The first-order chi connectivity index (χ1) is 6.76. The van der Waals surface area contributed by atoms with Gasteiger partial charge in [0.25, 0.3) is 0 Å². The quantitative estimate of drug-likeness (QED) is 0.609. The van der Waals surface area contributed by atoms with Crippen molar-refractivity contribution in [2.75, 3.05) is 0 Å². The minimum Gasteiger partial charge on any atom is -0.353 e. The molecule has 0 aromatic carbocycles. The molecule has 15 heavy (non-hydrogen) atoms. The summed E-state index contributed by atoms with van der Waals surface area (Å²) < 4.78 is 2.34. The topological polar surface area (TPSA) is 4.93 Å². The summed E-state index contributed by atoms with van der Waals surface area (Å²) in [6.07, 6.45) is 4.89. The van der Waals surface area contributed by atoms with Crippen LogP contribution >= 0.6 is 0 Å². The van der Waals surface area contributed by atoms with E-state index in [1.54, 1.807) is 11.3 Å². The van der Waals surface area contributed by atoms with Crippen LogP contribution in [0.4, 0.5) is 0 Å². The molecular formula is C14H23N. The summed E-state index contributed by atoms with van der Waals surface area (Å²) in [4.78, 5) is 0. The third kappa shape index (κ3) is 1.44. The molecule has 2 rings (SSSR count). The largest absolute Gasteiger partial charge is 0.353 e. The normalized spacial score (nSPS) is 22.5. The maximum atomic E-state index is 2.38. The molecule has 1 aromatic rings. The van der Waals surface area contributed by atoms with Gasteiger partial charge in [0, 0.05) is 24.4 Å². The first kappa shape index (κ1) is 10.8. The summed E-state index contributed by atoms with van der Waals surface area (Å²) in [6, 6.07) is 0. The molecule has 84 valence electrons. The van der Waals surface area contributed by atoms with E-state index in [-0.39, 0.29) is 0 Å². The third-order valence-corrected chi connectivity index (χ3v) is 4.06. The molecular weight excluding hydrogens is 182 g/mol. The van der Waals surface area contributed by atoms with Gasteiger partial charge in [-0.1, -0.05) is 27.7 Å². The second-order valence-electron chi connectivity index (χ2n) is 6.41. The van der Waals surface area contributed by atoms with Crippen molar-refractivity contribution in [3.05, 3.63) is 23.0 Å². The van der Waals surface area contributed by atoms with Gasteiger partial charge in [-0.15, -0.1) is 0 Å². The number of rotatable bonds is 0. The molecule has 1 aliphatic carbocycles. The van der Waals surface area contributed by atoms with Gasteiger partial charge >= 0.3 is 0 Å². The van der Waals surface area contributed by atoms with Crippen molar-refractivity contribution in [1.82, 2.24) is 4.57 Å². The smallest absolute Gasteiger partial charge is 0.0268 e. The monoisotopic (exact) mass is 205 g/mol. The van der Waals surface area contributed by atoms with Gasteiger partial charge in [0.1, 0.15) is 0 Å². The van der Waals surface area contributed by atoms with Crippen LogP contribution in [0.25, 0.3) is 0 Å². The molecule has 1 aromatic heterocycles. The lowest BCUT2D eigenvalue weighted by atomic mass is 9.65. The lowest BCUT2D eigenvalue weighted by Gasteiger charge is -2.40. The zero-order chi connectivity index (χ0) is 11.4. The predicted molar refractivity (Wildman–Crippen MR) is 65.4 cm³/mol. The van der Waals surface area contributed by atoms with E-state index in [0.717, 1.165) is 0 Å². The van der Waals surface area contributed by atoms with Crippen LogP contribution in [0.15, 0.2) is 6.20 Å². The maximum absolute atomic E-state index is 2.38. The Hall–Kier alpha value is -0.720. The summed E-state index contributed by atoms with van der Waals surface area (Å²) in [5.74, 6) is 0. The summed E-state index contributed by atoms with van der Waals surface area (Å²) >= 11 is 0. The van der Waals surface area contributed by atoms with Crippen molar-refractivity contribution in [3.63, 3.8) is 0 Å². The molecule has 1 heteroatoms. The lowest BCUT2D eigenvalue weighted by molar-refractivity contribution is 0.318. The fraction of sp³-hybridized carbons (Fsp3) is 0.714. The molecule has 0 amide bonds. The average Bonchev–Trinajstić information content (AvgIpc) is 2.38. The van der Waals surface area contributed by atoms with Gasteiger partial charge in [-0.05, 0) is 36.3 Å². The first-order valence-corrected chi connectivity index (χ1v) is 5.92. The van der Waals surface area contributed by atoms with E-state index >= 15 is 0 Å². The van der Waals surface area contributed by atoms with Crippen molar-refractivity contribution >= 4 is 0 Å². The Morgan fingerprint density at radius 2 is 1.60 bits per heavy atom. The molecule has 0 saturated heterocycles. The first-order valence-electron chi connectivity index (χ1n) is 5.92. The highest BCUT2D eigenvalue weighted by molar-refractivity contribution is 5.43. The van der Waals surface area contributed by atoms with Crippen LogP contribution in [0.5, 0.6) is 0 Å². The Kier molecular flexibility index (Phi) is 2.09. The zero-order valence-corrected chi connectivity index (χ0v) is 10.9. The molecule has 0 unspecified atom stereocenters. The van der Waals surface area contributed by atoms with Crippen LogP contribution in [0, 0.1) is 6.92 Å². The van der Waals surface area contributed by atoms with Gasteiger partial charge in [0.15, 0.2) is 0 Å².